The highest BCUT2D eigenvalue weighted by atomic mass is 19.1. The van der Waals surface area contributed by atoms with Crippen LogP contribution in [0, 0.1) is 24.1 Å². The van der Waals surface area contributed by atoms with Crippen LogP contribution in [0.4, 0.5) is 21.8 Å². The minimum atomic E-state index is -0.201. The highest BCUT2D eigenvalue weighted by molar-refractivity contribution is 5.57. The van der Waals surface area contributed by atoms with Crippen LogP contribution in [-0.4, -0.2) is 16.5 Å². The smallest absolute Gasteiger partial charge is 0.229 e. The largest absolute Gasteiger partial charge is 0.370 e. The number of anilines is 3. The fourth-order valence-corrected chi connectivity index (χ4v) is 2.54. The molecule has 0 unspecified atom stereocenters. The standard InChI is InChI=1S/C20H18FN5/c1-14-11-19(23-10-9-16-6-2-3-8-18(16)21)26-20(24-14)25-17-7-4-5-15(12-17)13-22/h2-8,11-12H,9-10H2,1H3,(H2,23,24,25,26). The zero-order valence-electron chi connectivity index (χ0n) is 14.3. The molecule has 2 N–H and O–H groups in total. The maximum Gasteiger partial charge on any atom is 0.229 e. The van der Waals surface area contributed by atoms with Crippen LogP contribution < -0.4 is 10.6 Å². The summed E-state index contributed by atoms with van der Waals surface area (Å²) in [5, 5.41) is 15.3. The number of hydrogen-bond acceptors (Lipinski definition) is 5. The monoisotopic (exact) mass is 347 g/mol. The SMILES string of the molecule is Cc1cc(NCCc2ccccc2F)nc(Nc2cccc(C#N)c2)n1. The van der Waals surface area contributed by atoms with Crippen molar-refractivity contribution in [2.75, 3.05) is 17.2 Å². The van der Waals surface area contributed by atoms with Gasteiger partial charge in [-0.3, -0.25) is 0 Å². The third-order valence-electron chi connectivity index (χ3n) is 3.76. The molecule has 0 spiro atoms. The van der Waals surface area contributed by atoms with Gasteiger partial charge in [-0.1, -0.05) is 24.3 Å². The van der Waals surface area contributed by atoms with Crippen molar-refractivity contribution in [3.8, 4) is 6.07 Å². The molecule has 0 amide bonds. The van der Waals surface area contributed by atoms with Gasteiger partial charge < -0.3 is 10.6 Å². The van der Waals surface area contributed by atoms with Crippen molar-refractivity contribution >= 4 is 17.5 Å². The number of halogens is 1. The molecule has 0 aliphatic heterocycles. The Morgan fingerprint density at radius 3 is 2.73 bits per heavy atom. The molecule has 0 atom stereocenters. The number of hydrogen-bond donors (Lipinski definition) is 2. The van der Waals surface area contributed by atoms with E-state index in [0.717, 1.165) is 11.4 Å². The molecule has 6 heteroatoms. The van der Waals surface area contributed by atoms with E-state index in [0.29, 0.717) is 35.9 Å². The van der Waals surface area contributed by atoms with Crippen LogP contribution in [0.3, 0.4) is 0 Å². The number of rotatable bonds is 6. The maximum absolute atomic E-state index is 13.7. The van der Waals surface area contributed by atoms with Gasteiger partial charge in [-0.05, 0) is 43.2 Å². The molecule has 0 radical (unpaired) electrons. The van der Waals surface area contributed by atoms with Crippen LogP contribution in [0.5, 0.6) is 0 Å². The molecule has 1 heterocycles. The Morgan fingerprint density at radius 2 is 1.92 bits per heavy atom. The summed E-state index contributed by atoms with van der Waals surface area (Å²) in [4.78, 5) is 8.79. The molecule has 0 saturated heterocycles. The quantitative estimate of drug-likeness (QED) is 0.699. The van der Waals surface area contributed by atoms with Gasteiger partial charge in [0.2, 0.25) is 5.95 Å². The van der Waals surface area contributed by atoms with Crippen LogP contribution in [0.25, 0.3) is 0 Å². The lowest BCUT2D eigenvalue weighted by Crippen LogP contribution is -2.09. The van der Waals surface area contributed by atoms with Gasteiger partial charge in [-0.25, -0.2) is 9.37 Å². The third kappa shape index (κ3) is 4.54. The molecular formula is C20H18FN5. The Balaban J connectivity index is 1.67. The molecule has 5 nitrogen and oxygen atoms in total. The molecule has 26 heavy (non-hydrogen) atoms. The predicted molar refractivity (Wildman–Crippen MR) is 99.8 cm³/mol. The van der Waals surface area contributed by atoms with E-state index < -0.39 is 0 Å². The Morgan fingerprint density at radius 1 is 1.08 bits per heavy atom. The van der Waals surface area contributed by atoms with Crippen molar-refractivity contribution in [3.63, 3.8) is 0 Å². The van der Waals surface area contributed by atoms with E-state index in [9.17, 15) is 4.39 Å². The Labute approximate surface area is 151 Å². The number of nitrogens with zero attached hydrogens (tertiary/aromatic N) is 3. The summed E-state index contributed by atoms with van der Waals surface area (Å²) in [7, 11) is 0. The number of benzene rings is 2. The van der Waals surface area contributed by atoms with Crippen molar-refractivity contribution in [2.24, 2.45) is 0 Å². The van der Waals surface area contributed by atoms with Crippen molar-refractivity contribution in [2.45, 2.75) is 13.3 Å². The Bertz CT molecular complexity index is 949. The lowest BCUT2D eigenvalue weighted by molar-refractivity contribution is 0.610. The topological polar surface area (TPSA) is 73.6 Å². The lowest BCUT2D eigenvalue weighted by atomic mass is 10.1. The zero-order chi connectivity index (χ0) is 18.4. The van der Waals surface area contributed by atoms with Crippen molar-refractivity contribution in [3.05, 3.63) is 77.2 Å². The van der Waals surface area contributed by atoms with E-state index in [1.807, 2.05) is 25.1 Å². The second-order valence-electron chi connectivity index (χ2n) is 5.80. The normalized spacial score (nSPS) is 10.2. The van der Waals surface area contributed by atoms with Crippen LogP contribution in [0.15, 0.2) is 54.6 Å². The van der Waals surface area contributed by atoms with Gasteiger partial charge in [0.1, 0.15) is 11.6 Å². The highest BCUT2D eigenvalue weighted by Crippen LogP contribution is 2.17. The fraction of sp³-hybridized carbons (Fsp3) is 0.150. The zero-order valence-corrected chi connectivity index (χ0v) is 14.3. The summed E-state index contributed by atoms with van der Waals surface area (Å²) in [6.45, 7) is 2.43. The molecule has 3 aromatic rings. The number of nitriles is 1. The Hall–Kier alpha value is -3.46. The summed E-state index contributed by atoms with van der Waals surface area (Å²) in [6.07, 6.45) is 0.558. The highest BCUT2D eigenvalue weighted by Gasteiger charge is 2.05. The predicted octanol–water partition coefficient (Wildman–Crippen LogP) is 4.19. The minimum absolute atomic E-state index is 0.201. The van der Waals surface area contributed by atoms with Crippen LogP contribution >= 0.6 is 0 Å². The first-order valence-electron chi connectivity index (χ1n) is 8.24. The van der Waals surface area contributed by atoms with Gasteiger partial charge in [0.05, 0.1) is 11.6 Å². The molecule has 3 rings (SSSR count). The first kappa shape index (κ1) is 17.4. The van der Waals surface area contributed by atoms with Gasteiger partial charge >= 0.3 is 0 Å². The molecule has 0 aliphatic carbocycles. The molecule has 130 valence electrons. The lowest BCUT2D eigenvalue weighted by Gasteiger charge is -2.10. The summed E-state index contributed by atoms with van der Waals surface area (Å²) < 4.78 is 13.7. The van der Waals surface area contributed by atoms with Crippen molar-refractivity contribution in [1.29, 1.82) is 5.26 Å². The fourth-order valence-electron chi connectivity index (χ4n) is 2.54. The van der Waals surface area contributed by atoms with Crippen LogP contribution in [0.1, 0.15) is 16.8 Å². The van der Waals surface area contributed by atoms with E-state index in [1.54, 1.807) is 30.3 Å². The summed E-state index contributed by atoms with van der Waals surface area (Å²) in [6, 6.07) is 17.8. The van der Waals surface area contributed by atoms with Gasteiger partial charge in [-0.2, -0.15) is 10.2 Å². The van der Waals surface area contributed by atoms with E-state index in [-0.39, 0.29) is 5.82 Å². The van der Waals surface area contributed by atoms with Crippen molar-refractivity contribution in [1.82, 2.24) is 9.97 Å². The first-order chi connectivity index (χ1) is 12.6. The Kier molecular flexibility index (Phi) is 5.40. The summed E-state index contributed by atoms with van der Waals surface area (Å²) in [5.74, 6) is 0.897. The average Bonchev–Trinajstić information content (AvgIpc) is 2.63. The first-order valence-corrected chi connectivity index (χ1v) is 8.24. The second kappa shape index (κ2) is 8.08. The van der Waals surface area contributed by atoms with Gasteiger partial charge in [0, 0.05) is 24.0 Å². The third-order valence-corrected chi connectivity index (χ3v) is 3.76. The van der Waals surface area contributed by atoms with E-state index >= 15 is 0 Å². The number of aryl methyl sites for hydroxylation is 1. The molecule has 0 aliphatic rings. The maximum atomic E-state index is 13.7. The summed E-state index contributed by atoms with van der Waals surface area (Å²) >= 11 is 0. The molecule has 1 aromatic heterocycles. The molecule has 0 saturated carbocycles. The number of aromatic nitrogens is 2. The van der Waals surface area contributed by atoms with E-state index in [1.165, 1.54) is 6.07 Å². The van der Waals surface area contributed by atoms with Crippen LogP contribution in [-0.2, 0) is 6.42 Å². The van der Waals surface area contributed by atoms with Gasteiger partial charge in [0.25, 0.3) is 0 Å². The van der Waals surface area contributed by atoms with Gasteiger partial charge in [-0.15, -0.1) is 0 Å². The van der Waals surface area contributed by atoms with Crippen LogP contribution in [0.2, 0.25) is 0 Å². The molecule has 0 fully saturated rings. The average molecular weight is 347 g/mol. The van der Waals surface area contributed by atoms with Gasteiger partial charge in [0.15, 0.2) is 0 Å². The second-order valence-corrected chi connectivity index (χ2v) is 5.80. The molecule has 0 bridgehead atoms. The van der Waals surface area contributed by atoms with E-state index in [2.05, 4.69) is 26.7 Å². The minimum Gasteiger partial charge on any atom is -0.370 e. The van der Waals surface area contributed by atoms with E-state index in [4.69, 9.17) is 5.26 Å². The summed E-state index contributed by atoms with van der Waals surface area (Å²) in [5.41, 5.74) is 2.77. The van der Waals surface area contributed by atoms with Crippen molar-refractivity contribution < 1.29 is 4.39 Å². The molecular weight excluding hydrogens is 329 g/mol. The molecule has 2 aromatic carbocycles. The number of nitrogens with one attached hydrogen (secondary N) is 2.